The highest BCUT2D eigenvalue weighted by Gasteiger charge is 2.25. The van der Waals surface area contributed by atoms with Crippen LogP contribution in [0, 0.1) is 11.8 Å². The minimum atomic E-state index is 0.939. The van der Waals surface area contributed by atoms with Gasteiger partial charge in [0.2, 0.25) is 0 Å². The molecule has 0 aromatic heterocycles. The molecule has 1 aromatic rings. The average Bonchev–Trinajstić information content (AvgIpc) is 2.36. The first kappa shape index (κ1) is 12.2. The molecule has 1 atom stereocenters. The Bertz CT molecular complexity index is 359. The van der Waals surface area contributed by atoms with E-state index in [9.17, 15) is 0 Å². The lowest BCUT2D eigenvalue weighted by Crippen LogP contribution is -2.45. The first-order chi connectivity index (χ1) is 8.90. The molecule has 1 unspecified atom stereocenters. The minimum Gasteiger partial charge on any atom is -0.316 e. The van der Waals surface area contributed by atoms with Gasteiger partial charge in [-0.2, -0.15) is 0 Å². The van der Waals surface area contributed by atoms with Crippen LogP contribution in [-0.2, 0) is 6.54 Å². The molecule has 2 heterocycles. The van der Waals surface area contributed by atoms with Crippen LogP contribution >= 0.6 is 0 Å². The number of hydrogen-bond acceptors (Lipinski definition) is 2. The second-order valence-corrected chi connectivity index (χ2v) is 5.99. The number of nitrogens with one attached hydrogen (secondary N) is 1. The number of hydrogen-bond donors (Lipinski definition) is 1. The predicted molar refractivity (Wildman–Crippen MR) is 75.4 cm³/mol. The summed E-state index contributed by atoms with van der Waals surface area (Å²) in [5, 5.41) is 3.39. The van der Waals surface area contributed by atoms with Crippen LogP contribution in [0.2, 0.25) is 0 Å². The maximum absolute atomic E-state index is 3.39. The molecule has 0 radical (unpaired) electrons. The van der Waals surface area contributed by atoms with Gasteiger partial charge in [0.15, 0.2) is 0 Å². The fraction of sp³-hybridized carbons (Fsp3) is 0.625. The molecule has 2 nitrogen and oxygen atoms in total. The zero-order valence-corrected chi connectivity index (χ0v) is 11.1. The lowest BCUT2D eigenvalue weighted by molar-refractivity contribution is 0.138. The van der Waals surface area contributed by atoms with Crippen molar-refractivity contribution in [3.8, 4) is 0 Å². The molecule has 0 saturated carbocycles. The zero-order chi connectivity index (χ0) is 12.2. The van der Waals surface area contributed by atoms with E-state index < -0.39 is 0 Å². The summed E-state index contributed by atoms with van der Waals surface area (Å²) in [4.78, 5) is 2.65. The van der Waals surface area contributed by atoms with Crippen LogP contribution in [0.3, 0.4) is 0 Å². The summed E-state index contributed by atoms with van der Waals surface area (Å²) < 4.78 is 0. The van der Waals surface area contributed by atoms with Crippen LogP contribution in [0.1, 0.15) is 24.8 Å². The van der Waals surface area contributed by atoms with Gasteiger partial charge >= 0.3 is 0 Å². The fourth-order valence-corrected chi connectivity index (χ4v) is 3.32. The van der Waals surface area contributed by atoms with Crippen molar-refractivity contribution >= 4 is 0 Å². The summed E-state index contributed by atoms with van der Waals surface area (Å²) in [6.45, 7) is 6.25. The van der Waals surface area contributed by atoms with Gasteiger partial charge in [0.1, 0.15) is 0 Å². The van der Waals surface area contributed by atoms with Gasteiger partial charge in [-0.25, -0.2) is 0 Å². The smallest absolute Gasteiger partial charge is 0.0233 e. The number of rotatable bonds is 4. The van der Waals surface area contributed by atoms with E-state index in [1.54, 1.807) is 0 Å². The molecule has 1 aromatic carbocycles. The lowest BCUT2D eigenvalue weighted by atomic mass is 9.85. The molecule has 2 aliphatic rings. The fourth-order valence-electron chi connectivity index (χ4n) is 3.32. The monoisotopic (exact) mass is 244 g/mol. The van der Waals surface area contributed by atoms with Crippen LogP contribution in [0.25, 0.3) is 0 Å². The molecule has 0 amide bonds. The van der Waals surface area contributed by atoms with Crippen molar-refractivity contribution in [2.45, 2.75) is 25.8 Å². The summed E-state index contributed by atoms with van der Waals surface area (Å²) in [6, 6.07) is 10.9. The van der Waals surface area contributed by atoms with Gasteiger partial charge in [-0.15, -0.1) is 0 Å². The first-order valence-corrected chi connectivity index (χ1v) is 7.37. The number of piperidine rings is 1. The maximum atomic E-state index is 3.39. The van der Waals surface area contributed by atoms with Gasteiger partial charge in [-0.1, -0.05) is 30.3 Å². The van der Waals surface area contributed by atoms with Gasteiger partial charge < -0.3 is 5.32 Å². The van der Waals surface area contributed by atoms with Crippen molar-refractivity contribution < 1.29 is 0 Å². The quantitative estimate of drug-likeness (QED) is 0.875. The van der Waals surface area contributed by atoms with Crippen LogP contribution < -0.4 is 5.32 Å². The van der Waals surface area contributed by atoms with Crippen molar-refractivity contribution in [2.75, 3.05) is 26.2 Å². The minimum absolute atomic E-state index is 0.939. The van der Waals surface area contributed by atoms with E-state index in [1.807, 2.05) is 0 Å². The molecule has 18 heavy (non-hydrogen) atoms. The molecule has 2 heteroatoms. The van der Waals surface area contributed by atoms with Crippen molar-refractivity contribution in [1.82, 2.24) is 10.2 Å². The molecule has 2 aliphatic heterocycles. The van der Waals surface area contributed by atoms with Crippen molar-refractivity contribution in [2.24, 2.45) is 11.8 Å². The highest BCUT2D eigenvalue weighted by Crippen LogP contribution is 2.25. The number of likely N-dealkylation sites (tertiary alicyclic amines) is 1. The van der Waals surface area contributed by atoms with Crippen molar-refractivity contribution in [1.29, 1.82) is 0 Å². The molecule has 2 fully saturated rings. The van der Waals surface area contributed by atoms with E-state index in [0.717, 1.165) is 18.4 Å². The number of benzene rings is 1. The molecule has 2 saturated heterocycles. The third kappa shape index (κ3) is 3.12. The summed E-state index contributed by atoms with van der Waals surface area (Å²) in [7, 11) is 0. The van der Waals surface area contributed by atoms with E-state index in [0.29, 0.717) is 0 Å². The third-order valence-corrected chi connectivity index (χ3v) is 4.38. The summed E-state index contributed by atoms with van der Waals surface area (Å²) in [5.41, 5.74) is 1.46. The molecule has 0 spiro atoms. The van der Waals surface area contributed by atoms with Gasteiger partial charge in [0.25, 0.3) is 0 Å². The summed E-state index contributed by atoms with van der Waals surface area (Å²) >= 11 is 0. The molecule has 98 valence electrons. The third-order valence-electron chi connectivity index (χ3n) is 4.38. The Morgan fingerprint density at radius 2 is 1.94 bits per heavy atom. The Hall–Kier alpha value is -0.860. The van der Waals surface area contributed by atoms with E-state index >= 15 is 0 Å². The normalized spacial score (nSPS) is 25.9. The van der Waals surface area contributed by atoms with Gasteiger partial charge in [0.05, 0.1) is 0 Å². The van der Waals surface area contributed by atoms with E-state index in [4.69, 9.17) is 0 Å². The second kappa shape index (κ2) is 5.85. The van der Waals surface area contributed by atoms with Crippen LogP contribution in [-0.4, -0.2) is 31.1 Å². The topological polar surface area (TPSA) is 15.3 Å². The van der Waals surface area contributed by atoms with Gasteiger partial charge in [0, 0.05) is 13.1 Å². The standard InChI is InChI=1S/C16H24N2/c1-2-5-14(6-3-1)12-18-8-4-7-15(13-18)9-16-10-17-11-16/h1-3,5-6,15-17H,4,7-13H2. The number of nitrogens with zero attached hydrogens (tertiary/aromatic N) is 1. The molecule has 1 N–H and O–H groups in total. The van der Waals surface area contributed by atoms with Crippen molar-refractivity contribution in [3.05, 3.63) is 35.9 Å². The second-order valence-electron chi connectivity index (χ2n) is 5.99. The van der Waals surface area contributed by atoms with E-state index in [-0.39, 0.29) is 0 Å². The summed E-state index contributed by atoms with van der Waals surface area (Å²) in [6.07, 6.45) is 4.28. The maximum Gasteiger partial charge on any atom is 0.0233 e. The van der Waals surface area contributed by atoms with Gasteiger partial charge in [-0.3, -0.25) is 4.90 Å². The molecule has 0 aliphatic carbocycles. The molecular formula is C16H24N2. The van der Waals surface area contributed by atoms with Crippen molar-refractivity contribution in [3.63, 3.8) is 0 Å². The SMILES string of the molecule is c1ccc(CN2CCCC(CC3CNC3)C2)cc1. The van der Waals surface area contributed by atoms with E-state index in [1.165, 1.54) is 51.0 Å². The molecule has 3 rings (SSSR count). The predicted octanol–water partition coefficient (Wildman–Crippen LogP) is 2.51. The Kier molecular flexibility index (Phi) is 3.96. The zero-order valence-electron chi connectivity index (χ0n) is 11.1. The van der Waals surface area contributed by atoms with Crippen LogP contribution in [0.15, 0.2) is 30.3 Å². The Labute approximate surface area is 110 Å². The Morgan fingerprint density at radius 3 is 2.67 bits per heavy atom. The summed E-state index contributed by atoms with van der Waals surface area (Å²) in [5.74, 6) is 1.90. The largest absolute Gasteiger partial charge is 0.316 e. The Balaban J connectivity index is 1.50. The van der Waals surface area contributed by atoms with E-state index in [2.05, 4.69) is 40.5 Å². The lowest BCUT2D eigenvalue weighted by Gasteiger charge is -2.37. The average molecular weight is 244 g/mol. The highest BCUT2D eigenvalue weighted by atomic mass is 15.1. The highest BCUT2D eigenvalue weighted by molar-refractivity contribution is 5.14. The van der Waals surface area contributed by atoms with Gasteiger partial charge in [-0.05, 0) is 56.3 Å². The Morgan fingerprint density at radius 1 is 1.11 bits per heavy atom. The first-order valence-electron chi connectivity index (χ1n) is 7.37. The molecular weight excluding hydrogens is 220 g/mol. The van der Waals surface area contributed by atoms with Crippen LogP contribution in [0.5, 0.6) is 0 Å². The van der Waals surface area contributed by atoms with Crippen LogP contribution in [0.4, 0.5) is 0 Å². The molecule has 0 bridgehead atoms.